The van der Waals surface area contributed by atoms with Gasteiger partial charge in [-0.15, -0.1) is 0 Å². The van der Waals surface area contributed by atoms with Gasteiger partial charge in [0.25, 0.3) is 0 Å². The van der Waals surface area contributed by atoms with Gasteiger partial charge in [-0.3, -0.25) is 10.1 Å². The van der Waals surface area contributed by atoms with Crippen molar-refractivity contribution in [3.63, 3.8) is 0 Å². The normalized spacial score (nSPS) is 16.1. The third-order valence-corrected chi connectivity index (χ3v) is 6.20. The number of hydrogen-bond acceptors (Lipinski definition) is 6. The zero-order chi connectivity index (χ0) is 22.5. The van der Waals surface area contributed by atoms with Crippen molar-refractivity contribution < 1.29 is 4.74 Å². The molecule has 0 aliphatic carbocycles. The van der Waals surface area contributed by atoms with E-state index in [2.05, 4.69) is 25.1 Å². The van der Waals surface area contributed by atoms with Crippen LogP contribution in [0.25, 0.3) is 22.2 Å². The number of aromatic nitrogens is 4. The molecule has 3 N–H and O–H groups in total. The van der Waals surface area contributed by atoms with Crippen molar-refractivity contribution >= 4 is 39.9 Å². The van der Waals surface area contributed by atoms with Crippen LogP contribution in [-0.2, 0) is 0 Å². The molecule has 1 aliphatic heterocycles. The summed E-state index contributed by atoms with van der Waals surface area (Å²) in [7, 11) is 0. The lowest BCUT2D eigenvalue weighted by atomic mass is 9.94. The monoisotopic (exact) mass is 468 g/mol. The van der Waals surface area contributed by atoms with Crippen molar-refractivity contribution in [1.82, 2.24) is 20.2 Å². The highest BCUT2D eigenvalue weighted by atomic mass is 35.5. The van der Waals surface area contributed by atoms with Gasteiger partial charge in [-0.25, -0.2) is 4.98 Å². The van der Waals surface area contributed by atoms with Crippen LogP contribution in [-0.4, -0.2) is 38.8 Å². The van der Waals surface area contributed by atoms with Crippen LogP contribution < -0.4 is 15.4 Å². The van der Waals surface area contributed by atoms with E-state index in [-0.39, 0.29) is 11.6 Å². The molecule has 0 spiro atoms. The van der Waals surface area contributed by atoms with E-state index in [0.717, 1.165) is 41.1 Å². The minimum Gasteiger partial charge on any atom is -0.486 e. The Morgan fingerprint density at radius 3 is 2.53 bits per heavy atom. The Morgan fingerprint density at radius 2 is 1.88 bits per heavy atom. The first-order chi connectivity index (χ1) is 15.3. The van der Waals surface area contributed by atoms with E-state index in [4.69, 9.17) is 33.7 Å². The lowest BCUT2D eigenvalue weighted by Crippen LogP contribution is -2.65. The molecule has 5 rings (SSSR count). The Bertz CT molecular complexity index is 1260. The molecular formula is C23H22Cl2N6O. The Balaban J connectivity index is 1.41. The standard InChI is InChI=1S/C23H22Cl2N6O/c1-13(21-17(24)9-27-10-18(21)25)32-15-4-5-19-16(7-15)22(30-29-19)14-3-6-20(28-8-14)31-11-23(2,26)12-31/h3-10,13H,11-12,26H2,1-2H3,(H,29,30)/t13-/m1/s1. The number of H-pyrrole nitrogens is 1. The molecule has 1 aliphatic rings. The molecule has 0 amide bonds. The molecule has 9 heteroatoms. The van der Waals surface area contributed by atoms with Crippen molar-refractivity contribution in [2.75, 3.05) is 18.0 Å². The molecule has 0 radical (unpaired) electrons. The highest BCUT2D eigenvalue weighted by Crippen LogP contribution is 2.35. The number of nitrogens with one attached hydrogen (secondary N) is 1. The first-order valence-electron chi connectivity index (χ1n) is 10.2. The molecule has 164 valence electrons. The maximum atomic E-state index is 6.28. The summed E-state index contributed by atoms with van der Waals surface area (Å²) in [6.45, 7) is 5.55. The average molecular weight is 469 g/mol. The molecule has 4 aromatic rings. The van der Waals surface area contributed by atoms with Gasteiger partial charge >= 0.3 is 0 Å². The maximum Gasteiger partial charge on any atom is 0.128 e. The summed E-state index contributed by atoms with van der Waals surface area (Å²) in [6, 6.07) is 9.81. The number of benzene rings is 1. The van der Waals surface area contributed by atoms with E-state index >= 15 is 0 Å². The molecule has 1 fully saturated rings. The number of hydrogen-bond donors (Lipinski definition) is 2. The topological polar surface area (TPSA) is 93.0 Å². The largest absolute Gasteiger partial charge is 0.486 e. The molecular weight excluding hydrogens is 447 g/mol. The molecule has 1 aromatic carbocycles. The molecule has 32 heavy (non-hydrogen) atoms. The van der Waals surface area contributed by atoms with E-state index in [1.165, 1.54) is 0 Å². The van der Waals surface area contributed by atoms with Crippen molar-refractivity contribution in [3.05, 3.63) is 64.5 Å². The van der Waals surface area contributed by atoms with Gasteiger partial charge in [0.1, 0.15) is 23.4 Å². The lowest BCUT2D eigenvalue weighted by molar-refractivity contribution is 0.227. The predicted octanol–water partition coefficient (Wildman–Crippen LogP) is 5.00. The molecule has 1 saturated heterocycles. The summed E-state index contributed by atoms with van der Waals surface area (Å²) in [5.74, 6) is 1.60. The van der Waals surface area contributed by atoms with E-state index in [9.17, 15) is 0 Å². The number of halogens is 2. The summed E-state index contributed by atoms with van der Waals surface area (Å²) >= 11 is 12.6. The fraction of sp³-hybridized carbons (Fsp3) is 0.261. The van der Waals surface area contributed by atoms with Gasteiger partial charge < -0.3 is 15.4 Å². The van der Waals surface area contributed by atoms with Crippen LogP contribution in [0.15, 0.2) is 48.9 Å². The third kappa shape index (κ3) is 3.88. The van der Waals surface area contributed by atoms with E-state index in [0.29, 0.717) is 21.4 Å². The Hall–Kier alpha value is -2.87. The highest BCUT2D eigenvalue weighted by Gasteiger charge is 2.35. The SMILES string of the molecule is C[C@@H](Oc1ccc2[nH]nc(-c3ccc(N4CC(C)(N)C4)nc3)c2c1)c1c(Cl)cncc1Cl. The van der Waals surface area contributed by atoms with Crippen molar-refractivity contribution in [3.8, 4) is 17.0 Å². The molecule has 4 heterocycles. The number of anilines is 1. The van der Waals surface area contributed by atoms with Crippen LogP contribution in [0.1, 0.15) is 25.5 Å². The van der Waals surface area contributed by atoms with Gasteiger partial charge in [0.2, 0.25) is 0 Å². The van der Waals surface area contributed by atoms with Crippen LogP contribution in [0.3, 0.4) is 0 Å². The van der Waals surface area contributed by atoms with Crippen molar-refractivity contribution in [1.29, 1.82) is 0 Å². The number of rotatable bonds is 5. The maximum absolute atomic E-state index is 6.28. The summed E-state index contributed by atoms with van der Waals surface area (Å²) < 4.78 is 6.15. The molecule has 0 bridgehead atoms. The van der Waals surface area contributed by atoms with Gasteiger partial charge in [0, 0.05) is 53.7 Å². The van der Waals surface area contributed by atoms with Gasteiger partial charge in [0.05, 0.1) is 15.6 Å². The van der Waals surface area contributed by atoms with Gasteiger partial charge in [-0.05, 0) is 44.2 Å². The Kier molecular flexibility index (Phi) is 5.20. The number of ether oxygens (including phenoxy) is 1. The third-order valence-electron chi connectivity index (χ3n) is 5.59. The smallest absolute Gasteiger partial charge is 0.128 e. The van der Waals surface area contributed by atoms with Crippen LogP contribution in [0.2, 0.25) is 10.0 Å². The molecule has 0 unspecified atom stereocenters. The zero-order valence-corrected chi connectivity index (χ0v) is 19.2. The summed E-state index contributed by atoms with van der Waals surface area (Å²) in [4.78, 5) is 10.8. The van der Waals surface area contributed by atoms with Gasteiger partial charge in [-0.2, -0.15) is 5.10 Å². The Morgan fingerprint density at radius 1 is 1.12 bits per heavy atom. The summed E-state index contributed by atoms with van der Waals surface area (Å²) in [6.07, 6.45) is 4.61. The second-order valence-electron chi connectivity index (χ2n) is 8.47. The number of fused-ring (bicyclic) bond motifs is 1. The average Bonchev–Trinajstić information content (AvgIpc) is 3.15. The van der Waals surface area contributed by atoms with E-state index in [1.807, 2.05) is 50.4 Å². The summed E-state index contributed by atoms with van der Waals surface area (Å²) in [5, 5.41) is 9.46. The highest BCUT2D eigenvalue weighted by molar-refractivity contribution is 6.35. The van der Waals surface area contributed by atoms with Crippen LogP contribution in [0, 0.1) is 0 Å². The first kappa shape index (κ1) is 21.0. The fourth-order valence-electron chi connectivity index (χ4n) is 4.06. The number of nitrogens with zero attached hydrogens (tertiary/aromatic N) is 4. The van der Waals surface area contributed by atoms with Crippen LogP contribution >= 0.6 is 23.2 Å². The second kappa shape index (κ2) is 7.92. The van der Waals surface area contributed by atoms with Crippen LogP contribution in [0.5, 0.6) is 5.75 Å². The zero-order valence-electron chi connectivity index (χ0n) is 17.6. The minimum atomic E-state index is -0.350. The molecule has 3 aromatic heterocycles. The van der Waals surface area contributed by atoms with Crippen LogP contribution in [0.4, 0.5) is 5.82 Å². The second-order valence-corrected chi connectivity index (χ2v) is 9.29. The van der Waals surface area contributed by atoms with Gasteiger partial charge in [0.15, 0.2) is 0 Å². The fourth-order valence-corrected chi connectivity index (χ4v) is 4.73. The predicted molar refractivity (Wildman–Crippen MR) is 127 cm³/mol. The minimum absolute atomic E-state index is 0.142. The molecule has 1 atom stereocenters. The van der Waals surface area contributed by atoms with Crippen molar-refractivity contribution in [2.24, 2.45) is 5.73 Å². The van der Waals surface area contributed by atoms with Gasteiger partial charge in [-0.1, -0.05) is 23.2 Å². The number of aromatic amines is 1. The number of pyridine rings is 2. The molecule has 7 nitrogen and oxygen atoms in total. The van der Waals surface area contributed by atoms with E-state index < -0.39 is 0 Å². The Labute approximate surface area is 195 Å². The lowest BCUT2D eigenvalue weighted by Gasteiger charge is -2.46. The molecule has 0 saturated carbocycles. The summed E-state index contributed by atoms with van der Waals surface area (Å²) in [5.41, 5.74) is 9.31. The quantitative estimate of drug-likeness (QED) is 0.427. The first-order valence-corrected chi connectivity index (χ1v) is 11.0. The number of nitrogens with two attached hydrogens (primary N) is 1. The van der Waals surface area contributed by atoms with E-state index in [1.54, 1.807) is 12.4 Å². The van der Waals surface area contributed by atoms with Crippen molar-refractivity contribution in [2.45, 2.75) is 25.5 Å².